The van der Waals surface area contributed by atoms with Gasteiger partial charge < -0.3 is 10.6 Å². The Balaban J connectivity index is 1.87. The van der Waals surface area contributed by atoms with Crippen LogP contribution in [0.1, 0.15) is 20.7 Å². The molecule has 0 radical (unpaired) electrons. The summed E-state index contributed by atoms with van der Waals surface area (Å²) in [6.45, 7) is 0. The molecule has 3 aromatic rings. The van der Waals surface area contributed by atoms with E-state index < -0.39 is 10.8 Å². The first kappa shape index (κ1) is 20.1. The van der Waals surface area contributed by atoms with Crippen molar-refractivity contribution in [3.63, 3.8) is 0 Å². The Labute approximate surface area is 171 Å². The molecule has 0 heterocycles. The van der Waals surface area contributed by atoms with Gasteiger partial charge in [0.05, 0.1) is 16.3 Å². The molecule has 0 aliphatic heterocycles. The van der Waals surface area contributed by atoms with E-state index in [1.807, 2.05) is 6.26 Å². The zero-order chi connectivity index (χ0) is 20.8. The molecule has 0 bridgehead atoms. The molecule has 0 aromatic heterocycles. The van der Waals surface area contributed by atoms with Crippen molar-refractivity contribution >= 4 is 40.6 Å². The van der Waals surface area contributed by atoms with Crippen molar-refractivity contribution in [2.24, 2.45) is 0 Å². The number of thioether (sulfide) groups is 1. The summed E-state index contributed by atoms with van der Waals surface area (Å²) < 4.78 is 0. The van der Waals surface area contributed by atoms with E-state index in [9.17, 15) is 19.7 Å². The molecule has 0 fully saturated rings. The van der Waals surface area contributed by atoms with Gasteiger partial charge in [-0.15, -0.1) is 11.8 Å². The van der Waals surface area contributed by atoms with Crippen molar-refractivity contribution in [3.8, 4) is 0 Å². The number of rotatable bonds is 6. The highest BCUT2D eigenvalue weighted by Crippen LogP contribution is 2.27. The summed E-state index contributed by atoms with van der Waals surface area (Å²) in [7, 11) is 0. The smallest absolute Gasteiger partial charge is 0.282 e. The standard InChI is InChI=1S/C21H17N3O4S/c1-29-15-11-12-19(24(27)28)16(13-15)21(26)23-18-10-6-5-9-17(18)22-20(25)14-7-3-2-4-8-14/h2-13H,1H3,(H,22,25)(H,23,26). The fraction of sp³-hybridized carbons (Fsp3) is 0.0476. The second kappa shape index (κ2) is 9.03. The fourth-order valence-corrected chi connectivity index (χ4v) is 3.10. The van der Waals surface area contributed by atoms with Crippen LogP contribution in [0, 0.1) is 10.1 Å². The van der Waals surface area contributed by atoms with Gasteiger partial charge in [0, 0.05) is 16.5 Å². The second-order valence-electron chi connectivity index (χ2n) is 5.96. The first-order chi connectivity index (χ1) is 14.0. The number of nitrogens with zero attached hydrogens (tertiary/aromatic N) is 1. The van der Waals surface area contributed by atoms with E-state index in [1.165, 1.54) is 23.9 Å². The monoisotopic (exact) mass is 407 g/mol. The van der Waals surface area contributed by atoms with Crippen LogP contribution in [0.4, 0.5) is 17.1 Å². The van der Waals surface area contributed by atoms with Crippen molar-refractivity contribution in [2.75, 3.05) is 16.9 Å². The molecule has 0 spiro atoms. The number of nitro groups is 1. The molecule has 146 valence electrons. The molecule has 0 saturated carbocycles. The maximum atomic E-state index is 12.8. The highest BCUT2D eigenvalue weighted by molar-refractivity contribution is 7.98. The molecule has 0 saturated heterocycles. The number of nitro benzene ring substituents is 1. The average molecular weight is 407 g/mol. The number of benzene rings is 3. The molecular weight excluding hydrogens is 390 g/mol. The molecule has 3 aromatic carbocycles. The summed E-state index contributed by atoms with van der Waals surface area (Å²) in [5, 5.41) is 16.7. The van der Waals surface area contributed by atoms with Crippen LogP contribution in [0.2, 0.25) is 0 Å². The van der Waals surface area contributed by atoms with E-state index in [4.69, 9.17) is 0 Å². The van der Waals surface area contributed by atoms with Gasteiger partial charge in [0.25, 0.3) is 17.5 Å². The molecule has 3 rings (SSSR count). The summed E-state index contributed by atoms with van der Waals surface area (Å²) in [6, 6.07) is 19.7. The van der Waals surface area contributed by atoms with E-state index >= 15 is 0 Å². The topological polar surface area (TPSA) is 101 Å². The molecule has 0 aliphatic carbocycles. The Hall–Kier alpha value is -3.65. The lowest BCUT2D eigenvalue weighted by atomic mass is 10.1. The third-order valence-electron chi connectivity index (χ3n) is 4.10. The fourth-order valence-electron chi connectivity index (χ4n) is 2.66. The minimum atomic E-state index is -0.631. The number of nitrogens with one attached hydrogen (secondary N) is 2. The van der Waals surface area contributed by atoms with Gasteiger partial charge in [0.2, 0.25) is 0 Å². The van der Waals surface area contributed by atoms with E-state index in [1.54, 1.807) is 60.7 Å². The zero-order valence-electron chi connectivity index (χ0n) is 15.4. The van der Waals surface area contributed by atoms with Crippen LogP contribution in [0.5, 0.6) is 0 Å². The molecule has 8 heteroatoms. The molecular formula is C21H17N3O4S. The zero-order valence-corrected chi connectivity index (χ0v) is 16.2. The summed E-state index contributed by atoms with van der Waals surface area (Å²) in [5.74, 6) is -0.961. The van der Waals surface area contributed by atoms with E-state index in [-0.39, 0.29) is 17.2 Å². The summed E-state index contributed by atoms with van der Waals surface area (Å²) in [5.41, 5.74) is 0.859. The van der Waals surface area contributed by atoms with E-state index in [2.05, 4.69) is 10.6 Å². The van der Waals surface area contributed by atoms with Gasteiger partial charge in [0.15, 0.2) is 0 Å². The lowest BCUT2D eigenvalue weighted by Crippen LogP contribution is -2.17. The van der Waals surface area contributed by atoms with Crippen LogP contribution in [0.3, 0.4) is 0 Å². The minimum Gasteiger partial charge on any atom is -0.320 e. The van der Waals surface area contributed by atoms with Crippen LogP contribution in [-0.4, -0.2) is 23.0 Å². The largest absolute Gasteiger partial charge is 0.320 e. The van der Waals surface area contributed by atoms with Crippen molar-refractivity contribution in [2.45, 2.75) is 4.90 Å². The summed E-state index contributed by atoms with van der Waals surface area (Å²) >= 11 is 1.38. The quantitative estimate of drug-likeness (QED) is 0.346. The van der Waals surface area contributed by atoms with Crippen LogP contribution in [0.25, 0.3) is 0 Å². The molecule has 2 amide bonds. The first-order valence-electron chi connectivity index (χ1n) is 8.59. The Bertz CT molecular complexity index is 1070. The molecule has 0 unspecified atom stereocenters. The highest BCUT2D eigenvalue weighted by Gasteiger charge is 2.21. The van der Waals surface area contributed by atoms with Crippen LogP contribution in [0.15, 0.2) is 77.7 Å². The average Bonchev–Trinajstić information content (AvgIpc) is 2.75. The molecule has 29 heavy (non-hydrogen) atoms. The van der Waals surface area contributed by atoms with Gasteiger partial charge in [-0.25, -0.2) is 0 Å². The van der Waals surface area contributed by atoms with Crippen molar-refractivity contribution in [3.05, 3.63) is 94.0 Å². The minimum absolute atomic E-state index is 0.0500. The van der Waals surface area contributed by atoms with Gasteiger partial charge in [-0.3, -0.25) is 19.7 Å². The van der Waals surface area contributed by atoms with Gasteiger partial charge in [-0.2, -0.15) is 0 Å². The third-order valence-corrected chi connectivity index (χ3v) is 4.83. The third kappa shape index (κ3) is 4.80. The summed E-state index contributed by atoms with van der Waals surface area (Å²) in [4.78, 5) is 36.7. The molecule has 0 atom stereocenters. The van der Waals surface area contributed by atoms with Crippen molar-refractivity contribution < 1.29 is 14.5 Å². The summed E-state index contributed by atoms with van der Waals surface area (Å²) in [6.07, 6.45) is 1.82. The van der Waals surface area contributed by atoms with Gasteiger partial charge in [0.1, 0.15) is 5.56 Å². The van der Waals surface area contributed by atoms with Crippen LogP contribution >= 0.6 is 11.8 Å². The van der Waals surface area contributed by atoms with Crippen LogP contribution < -0.4 is 10.6 Å². The van der Waals surface area contributed by atoms with E-state index in [0.29, 0.717) is 16.9 Å². The number of carbonyl (C=O) groups is 2. The predicted molar refractivity (Wildman–Crippen MR) is 114 cm³/mol. The molecule has 2 N–H and O–H groups in total. The van der Waals surface area contributed by atoms with Crippen molar-refractivity contribution in [1.82, 2.24) is 0 Å². The molecule has 0 aliphatic rings. The normalized spacial score (nSPS) is 10.2. The first-order valence-corrected chi connectivity index (χ1v) is 9.81. The van der Waals surface area contributed by atoms with Crippen molar-refractivity contribution in [1.29, 1.82) is 0 Å². The number of amides is 2. The Morgan fingerprint density at radius 2 is 1.45 bits per heavy atom. The Morgan fingerprint density at radius 1 is 0.862 bits per heavy atom. The number of hydrogen-bond donors (Lipinski definition) is 2. The second-order valence-corrected chi connectivity index (χ2v) is 6.84. The lowest BCUT2D eigenvalue weighted by molar-refractivity contribution is -0.385. The van der Waals surface area contributed by atoms with E-state index in [0.717, 1.165) is 4.90 Å². The predicted octanol–water partition coefficient (Wildman–Crippen LogP) is 4.82. The molecule has 7 nitrogen and oxygen atoms in total. The number of anilines is 2. The van der Waals surface area contributed by atoms with Gasteiger partial charge >= 0.3 is 0 Å². The number of hydrogen-bond acceptors (Lipinski definition) is 5. The number of para-hydroxylation sites is 2. The number of carbonyl (C=O) groups excluding carboxylic acids is 2. The lowest BCUT2D eigenvalue weighted by Gasteiger charge is -2.13. The van der Waals surface area contributed by atoms with Crippen LogP contribution in [-0.2, 0) is 0 Å². The SMILES string of the molecule is CSc1ccc([N+](=O)[O-])c(C(=O)Nc2ccccc2NC(=O)c2ccccc2)c1. The highest BCUT2D eigenvalue weighted by atomic mass is 32.2. The van der Waals surface area contributed by atoms with Gasteiger partial charge in [-0.1, -0.05) is 30.3 Å². The maximum Gasteiger partial charge on any atom is 0.282 e. The Morgan fingerprint density at radius 3 is 2.03 bits per heavy atom. The Kier molecular flexibility index (Phi) is 6.25. The maximum absolute atomic E-state index is 12.8. The van der Waals surface area contributed by atoms with Gasteiger partial charge in [-0.05, 0) is 42.7 Å².